The van der Waals surface area contributed by atoms with Crippen molar-refractivity contribution in [2.75, 3.05) is 0 Å². The van der Waals surface area contributed by atoms with E-state index in [4.69, 9.17) is 5.84 Å². The zero-order valence-corrected chi connectivity index (χ0v) is 10.2. The Morgan fingerprint density at radius 2 is 1.85 bits per heavy atom. The van der Waals surface area contributed by atoms with Crippen molar-refractivity contribution in [3.63, 3.8) is 0 Å². The number of benzene rings is 1. The molecular formula is C8H10Br2N2O. The molecule has 0 radical (unpaired) electrons. The summed E-state index contributed by atoms with van der Waals surface area (Å²) in [6.45, 7) is 1.94. The van der Waals surface area contributed by atoms with Crippen LogP contribution in [0.5, 0.6) is 5.75 Å². The van der Waals surface area contributed by atoms with Crippen LogP contribution >= 0.6 is 31.9 Å². The third-order valence-electron chi connectivity index (χ3n) is 1.79. The van der Waals surface area contributed by atoms with Crippen LogP contribution in [-0.4, -0.2) is 5.11 Å². The van der Waals surface area contributed by atoms with Crippen LogP contribution in [0.1, 0.15) is 18.5 Å². The molecule has 0 aliphatic carbocycles. The van der Waals surface area contributed by atoms with Crippen molar-refractivity contribution in [1.82, 2.24) is 5.43 Å². The molecule has 0 saturated heterocycles. The molecule has 4 N–H and O–H groups in total. The molecule has 0 spiro atoms. The van der Waals surface area contributed by atoms with Gasteiger partial charge in [0.05, 0.1) is 8.95 Å². The van der Waals surface area contributed by atoms with E-state index in [0.29, 0.717) is 8.95 Å². The average molecular weight is 310 g/mol. The van der Waals surface area contributed by atoms with Gasteiger partial charge in [0.2, 0.25) is 0 Å². The molecule has 0 bridgehead atoms. The highest BCUT2D eigenvalue weighted by molar-refractivity contribution is 9.11. The SMILES string of the molecule is CC(NN)c1cc(Br)c(O)c(Br)c1. The Morgan fingerprint density at radius 3 is 2.23 bits per heavy atom. The molecule has 1 unspecified atom stereocenters. The van der Waals surface area contributed by atoms with Crippen molar-refractivity contribution in [3.05, 3.63) is 26.6 Å². The minimum absolute atomic E-state index is 0.0493. The molecule has 1 rings (SSSR count). The summed E-state index contributed by atoms with van der Waals surface area (Å²) >= 11 is 6.49. The van der Waals surface area contributed by atoms with Crippen LogP contribution in [0.4, 0.5) is 0 Å². The highest BCUT2D eigenvalue weighted by atomic mass is 79.9. The minimum atomic E-state index is 0.0493. The second kappa shape index (κ2) is 4.41. The molecule has 0 amide bonds. The van der Waals surface area contributed by atoms with Gasteiger partial charge >= 0.3 is 0 Å². The van der Waals surface area contributed by atoms with E-state index in [9.17, 15) is 5.11 Å². The molecule has 1 aromatic rings. The molecule has 72 valence electrons. The summed E-state index contributed by atoms with van der Waals surface area (Å²) in [5.74, 6) is 5.50. The maximum Gasteiger partial charge on any atom is 0.143 e. The first kappa shape index (κ1) is 11.0. The fourth-order valence-electron chi connectivity index (χ4n) is 0.931. The van der Waals surface area contributed by atoms with E-state index in [2.05, 4.69) is 37.3 Å². The van der Waals surface area contributed by atoms with Crippen LogP contribution in [0.3, 0.4) is 0 Å². The molecule has 0 heterocycles. The monoisotopic (exact) mass is 308 g/mol. The summed E-state index contributed by atoms with van der Waals surface area (Å²) in [5.41, 5.74) is 3.63. The Labute approximate surface area is 93.6 Å². The van der Waals surface area contributed by atoms with Crippen molar-refractivity contribution in [2.24, 2.45) is 5.84 Å². The summed E-state index contributed by atoms with van der Waals surface area (Å²) in [6.07, 6.45) is 0. The number of halogens is 2. The molecule has 1 aromatic carbocycles. The van der Waals surface area contributed by atoms with Gasteiger partial charge in [-0.1, -0.05) is 0 Å². The quantitative estimate of drug-likeness (QED) is 0.581. The van der Waals surface area contributed by atoms with Gasteiger partial charge in [-0.15, -0.1) is 0 Å². The van der Waals surface area contributed by atoms with E-state index in [1.165, 1.54) is 0 Å². The summed E-state index contributed by atoms with van der Waals surface area (Å²) in [7, 11) is 0. The lowest BCUT2D eigenvalue weighted by Crippen LogP contribution is -2.25. The zero-order chi connectivity index (χ0) is 10.0. The third-order valence-corrected chi connectivity index (χ3v) is 3.00. The number of aromatic hydroxyl groups is 1. The van der Waals surface area contributed by atoms with Crippen molar-refractivity contribution in [3.8, 4) is 5.75 Å². The molecule has 0 aliphatic heterocycles. The normalized spacial score (nSPS) is 12.9. The van der Waals surface area contributed by atoms with Gasteiger partial charge in [-0.05, 0) is 56.5 Å². The molecule has 3 nitrogen and oxygen atoms in total. The number of phenolic OH excluding ortho intramolecular Hbond substituents is 1. The molecular weight excluding hydrogens is 300 g/mol. The largest absolute Gasteiger partial charge is 0.506 e. The highest BCUT2D eigenvalue weighted by Crippen LogP contribution is 2.34. The van der Waals surface area contributed by atoms with Crippen molar-refractivity contribution in [2.45, 2.75) is 13.0 Å². The van der Waals surface area contributed by atoms with Gasteiger partial charge in [-0.25, -0.2) is 0 Å². The Kier molecular flexibility index (Phi) is 3.73. The predicted octanol–water partition coefficient (Wildman–Crippen LogP) is 2.44. The average Bonchev–Trinajstić information content (AvgIpc) is 2.12. The number of nitrogens with two attached hydrogens (primary N) is 1. The number of hydrogen-bond acceptors (Lipinski definition) is 3. The summed E-state index contributed by atoms with van der Waals surface area (Å²) in [6, 6.07) is 3.70. The molecule has 13 heavy (non-hydrogen) atoms. The molecule has 0 saturated carbocycles. The first-order valence-electron chi connectivity index (χ1n) is 3.70. The van der Waals surface area contributed by atoms with E-state index < -0.39 is 0 Å². The first-order chi connectivity index (χ1) is 6.06. The fraction of sp³-hybridized carbons (Fsp3) is 0.250. The Balaban J connectivity index is 3.13. The topological polar surface area (TPSA) is 58.3 Å². The standard InChI is InChI=1S/C8H10Br2N2O/c1-4(12-11)5-2-6(9)8(13)7(10)3-5/h2-4,12-13H,11H2,1H3. The van der Waals surface area contributed by atoms with Crippen LogP contribution in [0, 0.1) is 0 Å². The van der Waals surface area contributed by atoms with E-state index in [0.717, 1.165) is 5.56 Å². The maximum absolute atomic E-state index is 9.44. The first-order valence-corrected chi connectivity index (χ1v) is 5.29. The molecule has 5 heteroatoms. The van der Waals surface area contributed by atoms with E-state index >= 15 is 0 Å². The van der Waals surface area contributed by atoms with Gasteiger partial charge < -0.3 is 5.11 Å². The Hall–Kier alpha value is -0.100. The zero-order valence-electron chi connectivity index (χ0n) is 7.01. The third kappa shape index (κ3) is 2.43. The molecule has 0 fully saturated rings. The number of rotatable bonds is 2. The molecule has 0 aromatic heterocycles. The number of hydrazine groups is 1. The van der Waals surface area contributed by atoms with Gasteiger partial charge in [-0.2, -0.15) is 0 Å². The van der Waals surface area contributed by atoms with Gasteiger partial charge in [0.15, 0.2) is 0 Å². The Bertz CT molecular complexity index is 294. The second-order valence-electron chi connectivity index (χ2n) is 2.72. The number of hydrogen-bond donors (Lipinski definition) is 3. The van der Waals surface area contributed by atoms with E-state index in [-0.39, 0.29) is 11.8 Å². The van der Waals surface area contributed by atoms with Gasteiger partial charge in [-0.3, -0.25) is 11.3 Å². The molecule has 1 atom stereocenters. The minimum Gasteiger partial charge on any atom is -0.506 e. The van der Waals surface area contributed by atoms with E-state index in [1.807, 2.05) is 19.1 Å². The Morgan fingerprint density at radius 1 is 1.38 bits per heavy atom. The smallest absolute Gasteiger partial charge is 0.143 e. The second-order valence-corrected chi connectivity index (χ2v) is 4.43. The lowest BCUT2D eigenvalue weighted by atomic mass is 10.1. The summed E-state index contributed by atoms with van der Waals surface area (Å²) in [4.78, 5) is 0. The van der Waals surface area contributed by atoms with Gasteiger partial charge in [0, 0.05) is 6.04 Å². The van der Waals surface area contributed by atoms with Crippen molar-refractivity contribution < 1.29 is 5.11 Å². The highest BCUT2D eigenvalue weighted by Gasteiger charge is 2.09. The van der Waals surface area contributed by atoms with Crippen LogP contribution in [-0.2, 0) is 0 Å². The van der Waals surface area contributed by atoms with Gasteiger partial charge in [0.25, 0.3) is 0 Å². The van der Waals surface area contributed by atoms with E-state index in [1.54, 1.807) is 0 Å². The maximum atomic E-state index is 9.44. The van der Waals surface area contributed by atoms with Crippen LogP contribution < -0.4 is 11.3 Å². The number of phenols is 1. The fourth-order valence-corrected chi connectivity index (χ4v) is 2.15. The van der Waals surface area contributed by atoms with Crippen LogP contribution in [0.2, 0.25) is 0 Å². The van der Waals surface area contributed by atoms with Crippen LogP contribution in [0.25, 0.3) is 0 Å². The number of nitrogens with one attached hydrogen (secondary N) is 1. The van der Waals surface area contributed by atoms with Crippen molar-refractivity contribution >= 4 is 31.9 Å². The van der Waals surface area contributed by atoms with Gasteiger partial charge in [0.1, 0.15) is 5.75 Å². The van der Waals surface area contributed by atoms with Crippen LogP contribution in [0.15, 0.2) is 21.1 Å². The lowest BCUT2D eigenvalue weighted by molar-refractivity contribution is 0.467. The van der Waals surface area contributed by atoms with Crippen molar-refractivity contribution in [1.29, 1.82) is 0 Å². The summed E-state index contributed by atoms with van der Waals surface area (Å²) in [5, 5.41) is 9.44. The lowest BCUT2D eigenvalue weighted by Gasteiger charge is -2.12. The predicted molar refractivity (Wildman–Crippen MR) is 59.2 cm³/mol. The summed E-state index contributed by atoms with van der Waals surface area (Å²) < 4.78 is 1.30. The molecule has 0 aliphatic rings.